The minimum atomic E-state index is -0.833. The van der Waals surface area contributed by atoms with Crippen LogP contribution in [0.4, 0.5) is 9.52 Å². The van der Waals surface area contributed by atoms with Gasteiger partial charge in [-0.1, -0.05) is 35.6 Å². The number of nitrogens with two attached hydrogens (primary N) is 1. The molecular formula is C20H21FN4O4S. The number of nitrogens with one attached hydrogen (secondary N) is 1. The van der Waals surface area contributed by atoms with Crippen LogP contribution < -0.4 is 11.1 Å². The summed E-state index contributed by atoms with van der Waals surface area (Å²) in [7, 11) is 0. The van der Waals surface area contributed by atoms with Gasteiger partial charge in [-0.15, -0.1) is 10.2 Å². The number of carboxylic acid groups (broad SMARTS) is 1. The number of nitrogens with zero attached hydrogens (tertiary/aromatic N) is 2. The number of aliphatic hydroxyl groups is 1. The smallest absolute Gasteiger partial charge is 0.300 e. The van der Waals surface area contributed by atoms with Gasteiger partial charge in [0, 0.05) is 25.5 Å². The van der Waals surface area contributed by atoms with Gasteiger partial charge in [-0.3, -0.25) is 9.59 Å². The summed E-state index contributed by atoms with van der Waals surface area (Å²) in [6, 6.07) is 11.3. The van der Waals surface area contributed by atoms with Gasteiger partial charge < -0.3 is 21.3 Å². The molecule has 2 aromatic carbocycles. The Morgan fingerprint density at radius 1 is 1.20 bits per heavy atom. The number of hydrogen-bond acceptors (Lipinski definition) is 7. The van der Waals surface area contributed by atoms with Crippen LogP contribution in [-0.2, 0) is 17.8 Å². The van der Waals surface area contributed by atoms with Gasteiger partial charge >= 0.3 is 0 Å². The maximum absolute atomic E-state index is 14.0. The molecule has 0 spiro atoms. The van der Waals surface area contributed by atoms with E-state index >= 15 is 0 Å². The van der Waals surface area contributed by atoms with Crippen LogP contribution in [0.25, 0.3) is 11.1 Å². The van der Waals surface area contributed by atoms with Gasteiger partial charge in [-0.05, 0) is 34.9 Å². The average Bonchev–Trinajstić information content (AvgIpc) is 3.12. The summed E-state index contributed by atoms with van der Waals surface area (Å²) in [5, 5.41) is 28.3. The van der Waals surface area contributed by atoms with Crippen LogP contribution in [0.5, 0.6) is 0 Å². The predicted molar refractivity (Wildman–Crippen MR) is 111 cm³/mol. The highest BCUT2D eigenvalue weighted by Gasteiger charge is 2.12. The normalized spacial score (nSPS) is 10.1. The fourth-order valence-electron chi connectivity index (χ4n) is 2.57. The first-order chi connectivity index (χ1) is 14.3. The van der Waals surface area contributed by atoms with Crippen LogP contribution in [0.15, 0.2) is 42.5 Å². The number of rotatable bonds is 6. The highest BCUT2D eigenvalue weighted by atomic mass is 32.1. The minimum absolute atomic E-state index is 0.167. The van der Waals surface area contributed by atoms with Crippen molar-refractivity contribution in [2.75, 3.05) is 12.3 Å². The Morgan fingerprint density at radius 3 is 2.53 bits per heavy atom. The number of hydrogen-bond donors (Lipinski definition) is 4. The lowest BCUT2D eigenvalue weighted by molar-refractivity contribution is -0.134. The van der Waals surface area contributed by atoms with Crippen molar-refractivity contribution in [2.24, 2.45) is 0 Å². The molecule has 0 aliphatic rings. The van der Waals surface area contributed by atoms with E-state index in [4.69, 9.17) is 15.6 Å². The Kier molecular flexibility index (Phi) is 8.39. The monoisotopic (exact) mass is 432 g/mol. The lowest BCUT2D eigenvalue weighted by atomic mass is 9.98. The zero-order valence-electron chi connectivity index (χ0n) is 16.1. The van der Waals surface area contributed by atoms with E-state index in [0.29, 0.717) is 34.8 Å². The van der Waals surface area contributed by atoms with E-state index in [1.54, 1.807) is 30.3 Å². The molecule has 5 N–H and O–H groups in total. The molecule has 3 rings (SSSR count). The van der Waals surface area contributed by atoms with E-state index in [1.165, 1.54) is 23.5 Å². The Bertz CT molecular complexity index is 1020. The SMILES string of the molecule is CC(=O)O.Nc1nnc(CCNC(=O)c2cc(F)cc(-c3ccccc3CO)c2)s1. The molecule has 0 atom stereocenters. The zero-order chi connectivity index (χ0) is 22.1. The summed E-state index contributed by atoms with van der Waals surface area (Å²) in [6.07, 6.45) is 0.496. The zero-order valence-corrected chi connectivity index (χ0v) is 16.9. The molecule has 0 unspecified atom stereocenters. The Balaban J connectivity index is 0.000000735. The quantitative estimate of drug-likeness (QED) is 0.469. The van der Waals surface area contributed by atoms with Crippen LogP contribution in [0.1, 0.15) is 27.9 Å². The van der Waals surface area contributed by atoms with E-state index in [0.717, 1.165) is 11.9 Å². The second kappa shape index (κ2) is 11.0. The summed E-state index contributed by atoms with van der Waals surface area (Å²) < 4.78 is 14.0. The van der Waals surface area contributed by atoms with E-state index in [-0.39, 0.29) is 18.1 Å². The molecule has 10 heteroatoms. The molecule has 158 valence electrons. The first-order valence-electron chi connectivity index (χ1n) is 8.85. The average molecular weight is 432 g/mol. The van der Waals surface area contributed by atoms with Gasteiger partial charge in [-0.2, -0.15) is 0 Å². The van der Waals surface area contributed by atoms with Gasteiger partial charge in [0.05, 0.1) is 6.61 Å². The topological polar surface area (TPSA) is 138 Å². The number of halogens is 1. The highest BCUT2D eigenvalue weighted by molar-refractivity contribution is 7.15. The van der Waals surface area contributed by atoms with Crippen molar-refractivity contribution in [1.82, 2.24) is 15.5 Å². The van der Waals surface area contributed by atoms with E-state index in [1.807, 2.05) is 0 Å². The van der Waals surface area contributed by atoms with Crippen molar-refractivity contribution in [3.63, 3.8) is 0 Å². The molecular weight excluding hydrogens is 411 g/mol. The number of carbonyl (C=O) groups is 2. The largest absolute Gasteiger partial charge is 0.481 e. The minimum Gasteiger partial charge on any atom is -0.481 e. The molecule has 0 saturated carbocycles. The predicted octanol–water partition coefficient (Wildman–Crippen LogP) is 2.48. The van der Waals surface area contributed by atoms with Gasteiger partial charge in [0.2, 0.25) is 5.13 Å². The summed E-state index contributed by atoms with van der Waals surface area (Å²) in [5.74, 6) is -1.73. The molecule has 0 bridgehead atoms. The molecule has 1 aromatic heterocycles. The Labute approximate surface area is 176 Å². The molecule has 0 aliphatic carbocycles. The fraction of sp³-hybridized carbons (Fsp3) is 0.200. The number of anilines is 1. The maximum Gasteiger partial charge on any atom is 0.300 e. The molecule has 3 aromatic rings. The first kappa shape index (κ1) is 22.9. The van der Waals surface area contributed by atoms with Crippen LogP contribution in [0.3, 0.4) is 0 Å². The molecule has 1 heterocycles. The van der Waals surface area contributed by atoms with E-state index < -0.39 is 11.8 Å². The van der Waals surface area contributed by atoms with Gasteiger partial charge in [0.1, 0.15) is 10.8 Å². The lowest BCUT2D eigenvalue weighted by Gasteiger charge is -2.10. The van der Waals surface area contributed by atoms with Crippen molar-refractivity contribution in [2.45, 2.75) is 20.0 Å². The molecule has 30 heavy (non-hydrogen) atoms. The molecule has 0 fully saturated rings. The van der Waals surface area contributed by atoms with Crippen LogP contribution in [0.2, 0.25) is 0 Å². The highest BCUT2D eigenvalue weighted by Crippen LogP contribution is 2.26. The van der Waals surface area contributed by atoms with Crippen molar-refractivity contribution in [1.29, 1.82) is 0 Å². The lowest BCUT2D eigenvalue weighted by Crippen LogP contribution is -2.25. The van der Waals surface area contributed by atoms with E-state index in [2.05, 4.69) is 15.5 Å². The second-order valence-electron chi connectivity index (χ2n) is 6.10. The Morgan fingerprint density at radius 2 is 1.90 bits per heavy atom. The van der Waals surface area contributed by atoms with Crippen molar-refractivity contribution in [3.05, 3.63) is 64.4 Å². The number of nitrogen functional groups attached to an aromatic ring is 1. The molecule has 0 aliphatic heterocycles. The number of carboxylic acids is 1. The third-order valence-electron chi connectivity index (χ3n) is 3.77. The summed E-state index contributed by atoms with van der Waals surface area (Å²) in [5.41, 5.74) is 7.62. The van der Waals surface area contributed by atoms with Gasteiger partial charge in [0.25, 0.3) is 11.9 Å². The van der Waals surface area contributed by atoms with Gasteiger partial charge in [0.15, 0.2) is 0 Å². The molecule has 8 nitrogen and oxygen atoms in total. The Hall–Kier alpha value is -3.37. The first-order valence-corrected chi connectivity index (χ1v) is 9.67. The summed E-state index contributed by atoms with van der Waals surface area (Å²) in [6.45, 7) is 1.26. The standard InChI is InChI=1S/C18H17FN4O2S.C2H4O2/c19-14-8-12(15-4-2-1-3-11(15)10-24)7-13(9-14)17(25)21-6-5-16-22-23-18(20)26-16;1-2(3)4/h1-4,7-9,24H,5-6,10H2,(H2,20,23)(H,21,25);1H3,(H,3,4). The van der Waals surface area contributed by atoms with Gasteiger partial charge in [-0.25, -0.2) is 4.39 Å². The van der Waals surface area contributed by atoms with Crippen LogP contribution >= 0.6 is 11.3 Å². The maximum atomic E-state index is 14.0. The number of benzene rings is 2. The summed E-state index contributed by atoms with van der Waals surface area (Å²) in [4.78, 5) is 21.3. The third kappa shape index (κ3) is 6.90. The summed E-state index contributed by atoms with van der Waals surface area (Å²) >= 11 is 1.26. The fourth-order valence-corrected chi connectivity index (χ4v) is 3.18. The second-order valence-corrected chi connectivity index (χ2v) is 7.20. The number of carbonyl (C=O) groups excluding carboxylic acids is 1. The molecule has 0 radical (unpaired) electrons. The van der Waals surface area contributed by atoms with Crippen molar-refractivity contribution < 1.29 is 24.2 Å². The number of amides is 1. The van der Waals surface area contributed by atoms with Crippen molar-refractivity contribution in [3.8, 4) is 11.1 Å². The van der Waals surface area contributed by atoms with Crippen LogP contribution in [0, 0.1) is 5.82 Å². The molecule has 0 saturated heterocycles. The molecule has 1 amide bonds. The number of aliphatic hydroxyl groups excluding tert-OH is 1. The van der Waals surface area contributed by atoms with E-state index in [9.17, 15) is 14.3 Å². The number of aromatic nitrogens is 2. The van der Waals surface area contributed by atoms with Crippen molar-refractivity contribution >= 4 is 28.3 Å². The number of aliphatic carboxylic acids is 1. The van der Waals surface area contributed by atoms with Crippen LogP contribution in [-0.4, -0.2) is 38.8 Å². The third-order valence-corrected chi connectivity index (χ3v) is 4.58.